The molecular weight excluding hydrogens is 615 g/mol. The molecule has 1 heterocycles. The number of amides is 1. The lowest BCUT2D eigenvalue weighted by Gasteiger charge is -2.16. The number of nitro groups is 1. The largest absolute Gasteiger partial charge is 0.437 e. The number of nitrogens with one attached hydrogen (secondary N) is 2. The number of carbonyl (C=O) groups excluding carboxylic acids is 1. The van der Waals surface area contributed by atoms with Gasteiger partial charge in [0.25, 0.3) is 11.6 Å². The standard InChI is InChI=1S/C30H30F3N5O6S/c1-17(2)36-45(42,43)26-15-23(38(40)41)11-12-25(26)44-29-20(5)27(35-37(29)24-13-18(3)9-10-19(24)4)28(39)34-16-21-7-6-8-22(14-21)30(31,32)33/h6-15,17,36H,16H2,1-5H3,(H,34,39). The molecule has 3 aromatic carbocycles. The van der Waals surface area contributed by atoms with Crippen LogP contribution in [-0.4, -0.2) is 35.1 Å². The molecule has 15 heteroatoms. The van der Waals surface area contributed by atoms with Crippen molar-refractivity contribution in [3.63, 3.8) is 0 Å². The fraction of sp³-hybridized carbons (Fsp3) is 0.267. The molecule has 2 N–H and O–H groups in total. The number of non-ortho nitro benzene ring substituents is 1. The van der Waals surface area contributed by atoms with Gasteiger partial charge in [0.1, 0.15) is 10.6 Å². The van der Waals surface area contributed by atoms with Gasteiger partial charge in [-0.25, -0.2) is 13.1 Å². The van der Waals surface area contributed by atoms with Gasteiger partial charge in [-0.1, -0.05) is 24.3 Å². The van der Waals surface area contributed by atoms with Crippen LogP contribution in [0.15, 0.2) is 65.6 Å². The van der Waals surface area contributed by atoms with Crippen LogP contribution in [0.3, 0.4) is 0 Å². The molecule has 45 heavy (non-hydrogen) atoms. The summed E-state index contributed by atoms with van der Waals surface area (Å²) in [4.78, 5) is 23.6. The van der Waals surface area contributed by atoms with E-state index in [0.29, 0.717) is 5.69 Å². The van der Waals surface area contributed by atoms with Gasteiger partial charge in [0.2, 0.25) is 15.9 Å². The van der Waals surface area contributed by atoms with Crippen LogP contribution in [0, 0.1) is 30.9 Å². The fourth-order valence-corrected chi connectivity index (χ4v) is 5.83. The number of aryl methyl sites for hydroxylation is 2. The molecule has 238 valence electrons. The first-order chi connectivity index (χ1) is 21.0. The predicted octanol–water partition coefficient (Wildman–Crippen LogP) is 6.13. The number of benzene rings is 3. The van der Waals surface area contributed by atoms with E-state index in [9.17, 15) is 36.5 Å². The SMILES string of the molecule is Cc1ccc(C)c(-n2nc(C(=O)NCc3cccc(C(F)(F)F)c3)c(C)c2Oc2ccc([N+](=O)[O-])cc2S(=O)(=O)NC(C)C)c1. The number of alkyl halides is 3. The van der Waals surface area contributed by atoms with E-state index in [4.69, 9.17) is 4.74 Å². The minimum atomic E-state index is -4.55. The average molecular weight is 646 g/mol. The zero-order valence-electron chi connectivity index (χ0n) is 24.9. The number of nitrogens with zero attached hydrogens (tertiary/aromatic N) is 3. The van der Waals surface area contributed by atoms with Gasteiger partial charge in [0.05, 0.1) is 16.2 Å². The third kappa shape index (κ3) is 7.49. The highest BCUT2D eigenvalue weighted by molar-refractivity contribution is 7.89. The number of rotatable bonds is 10. The molecule has 0 spiro atoms. The molecule has 0 saturated carbocycles. The monoisotopic (exact) mass is 645 g/mol. The number of sulfonamides is 1. The Balaban J connectivity index is 1.81. The number of carbonyl (C=O) groups is 1. The number of aromatic nitrogens is 2. The Morgan fingerprint density at radius 2 is 1.78 bits per heavy atom. The first-order valence-corrected chi connectivity index (χ1v) is 15.1. The summed E-state index contributed by atoms with van der Waals surface area (Å²) in [5.74, 6) is -1.04. The number of ether oxygens (including phenoxy) is 1. The highest BCUT2D eigenvalue weighted by atomic mass is 32.2. The van der Waals surface area contributed by atoms with Crippen LogP contribution in [0.5, 0.6) is 11.6 Å². The number of hydrogen-bond acceptors (Lipinski definition) is 7. The summed E-state index contributed by atoms with van der Waals surface area (Å²) in [5.41, 5.74) is 0.964. The van der Waals surface area contributed by atoms with E-state index < -0.39 is 49.2 Å². The van der Waals surface area contributed by atoms with E-state index in [2.05, 4.69) is 15.1 Å². The predicted molar refractivity (Wildman–Crippen MR) is 159 cm³/mol. The van der Waals surface area contributed by atoms with Crippen LogP contribution in [0.4, 0.5) is 18.9 Å². The molecule has 11 nitrogen and oxygen atoms in total. The smallest absolute Gasteiger partial charge is 0.416 e. The average Bonchev–Trinajstić information content (AvgIpc) is 3.27. The molecule has 0 aliphatic rings. The minimum Gasteiger partial charge on any atom is -0.437 e. The molecule has 0 radical (unpaired) electrons. The Labute approximate surface area is 257 Å². The summed E-state index contributed by atoms with van der Waals surface area (Å²) in [6, 6.07) is 12.5. The molecule has 0 aliphatic carbocycles. The lowest BCUT2D eigenvalue weighted by Crippen LogP contribution is -2.30. The van der Waals surface area contributed by atoms with Crippen molar-refractivity contribution in [2.24, 2.45) is 0 Å². The zero-order valence-corrected chi connectivity index (χ0v) is 25.7. The van der Waals surface area contributed by atoms with Gasteiger partial charge in [0, 0.05) is 30.3 Å². The maximum Gasteiger partial charge on any atom is 0.416 e. The molecule has 0 atom stereocenters. The van der Waals surface area contributed by atoms with Gasteiger partial charge in [-0.05, 0) is 75.6 Å². The van der Waals surface area contributed by atoms with E-state index in [0.717, 1.165) is 41.5 Å². The van der Waals surface area contributed by atoms with Gasteiger partial charge >= 0.3 is 6.18 Å². The van der Waals surface area contributed by atoms with Crippen molar-refractivity contribution in [1.82, 2.24) is 19.8 Å². The summed E-state index contributed by atoms with van der Waals surface area (Å²) in [7, 11) is -4.30. The van der Waals surface area contributed by atoms with Crippen molar-refractivity contribution >= 4 is 21.6 Å². The second-order valence-corrected chi connectivity index (χ2v) is 12.3. The Bertz CT molecular complexity index is 1890. The van der Waals surface area contributed by atoms with E-state index in [1.54, 1.807) is 26.8 Å². The molecule has 0 saturated heterocycles. The number of nitro benzene ring substituents is 1. The zero-order chi connectivity index (χ0) is 33.3. The van der Waals surface area contributed by atoms with Gasteiger partial charge < -0.3 is 10.1 Å². The minimum absolute atomic E-state index is 0.0530. The summed E-state index contributed by atoms with van der Waals surface area (Å²) in [5, 5.41) is 18.5. The van der Waals surface area contributed by atoms with E-state index in [1.165, 1.54) is 23.7 Å². The Kier molecular flexibility index (Phi) is 9.35. The third-order valence-corrected chi connectivity index (χ3v) is 8.29. The topological polar surface area (TPSA) is 145 Å². The van der Waals surface area contributed by atoms with E-state index >= 15 is 0 Å². The van der Waals surface area contributed by atoms with E-state index in [1.807, 2.05) is 19.1 Å². The molecule has 0 bridgehead atoms. The Morgan fingerprint density at radius 1 is 1.07 bits per heavy atom. The maximum absolute atomic E-state index is 13.3. The first kappa shape index (κ1) is 33.1. The lowest BCUT2D eigenvalue weighted by atomic mass is 10.1. The molecule has 4 aromatic rings. The van der Waals surface area contributed by atoms with Crippen molar-refractivity contribution in [1.29, 1.82) is 0 Å². The maximum atomic E-state index is 13.3. The number of halogens is 3. The molecule has 1 aromatic heterocycles. The van der Waals surface area contributed by atoms with E-state index in [-0.39, 0.29) is 35.0 Å². The van der Waals surface area contributed by atoms with Gasteiger partial charge in [-0.15, -0.1) is 0 Å². The van der Waals surface area contributed by atoms with Crippen molar-refractivity contribution in [2.75, 3.05) is 0 Å². The van der Waals surface area contributed by atoms with Gasteiger partial charge in [-0.3, -0.25) is 14.9 Å². The van der Waals surface area contributed by atoms with Gasteiger partial charge in [-0.2, -0.15) is 23.0 Å². The van der Waals surface area contributed by atoms with Crippen LogP contribution >= 0.6 is 0 Å². The molecule has 4 rings (SSSR count). The van der Waals surface area contributed by atoms with Crippen LogP contribution in [0.25, 0.3) is 5.69 Å². The second-order valence-electron chi connectivity index (χ2n) is 10.6. The summed E-state index contributed by atoms with van der Waals surface area (Å²) in [6.45, 7) is 8.06. The first-order valence-electron chi connectivity index (χ1n) is 13.6. The lowest BCUT2D eigenvalue weighted by molar-refractivity contribution is -0.385. The normalized spacial score (nSPS) is 11.9. The molecule has 0 unspecified atom stereocenters. The fourth-order valence-electron chi connectivity index (χ4n) is 4.43. The van der Waals surface area contributed by atoms with Crippen LogP contribution in [0.1, 0.15) is 52.2 Å². The van der Waals surface area contributed by atoms with Crippen molar-refractivity contribution in [2.45, 2.75) is 58.3 Å². The quantitative estimate of drug-likeness (QED) is 0.156. The summed E-state index contributed by atoms with van der Waals surface area (Å²) < 4.78 is 75.8. The molecule has 0 aliphatic heterocycles. The van der Waals surface area contributed by atoms with Crippen molar-refractivity contribution in [3.8, 4) is 17.3 Å². The molecular formula is C30H30F3N5O6S. The third-order valence-electron chi connectivity index (χ3n) is 6.61. The van der Waals surface area contributed by atoms with Crippen LogP contribution < -0.4 is 14.8 Å². The van der Waals surface area contributed by atoms with Crippen LogP contribution in [0.2, 0.25) is 0 Å². The highest BCUT2D eigenvalue weighted by Crippen LogP contribution is 2.36. The molecule has 0 fully saturated rings. The Morgan fingerprint density at radius 3 is 2.42 bits per heavy atom. The van der Waals surface area contributed by atoms with Crippen molar-refractivity contribution < 1.29 is 36.0 Å². The van der Waals surface area contributed by atoms with Crippen LogP contribution in [-0.2, 0) is 22.7 Å². The molecule has 1 amide bonds. The highest BCUT2D eigenvalue weighted by Gasteiger charge is 2.31. The van der Waals surface area contributed by atoms with Crippen molar-refractivity contribution in [3.05, 3.63) is 104 Å². The summed E-state index contributed by atoms with van der Waals surface area (Å²) >= 11 is 0. The Hall–Kier alpha value is -4.76. The number of hydrogen-bond donors (Lipinski definition) is 2. The second kappa shape index (κ2) is 12.7. The summed E-state index contributed by atoms with van der Waals surface area (Å²) in [6.07, 6.45) is -4.55. The van der Waals surface area contributed by atoms with Gasteiger partial charge in [0.15, 0.2) is 5.69 Å².